The van der Waals surface area contributed by atoms with E-state index in [1.807, 2.05) is 0 Å². The zero-order chi connectivity index (χ0) is 13.4. The molecule has 1 rings (SSSR count). The van der Waals surface area contributed by atoms with Gasteiger partial charge in [-0.3, -0.25) is 4.79 Å². The fraction of sp³-hybridized carbons (Fsp3) is 0.600. The van der Waals surface area contributed by atoms with Gasteiger partial charge in [0, 0.05) is 31.8 Å². The minimum absolute atomic E-state index is 0.0831. The maximum absolute atomic E-state index is 11.5. The zero-order valence-corrected chi connectivity index (χ0v) is 11.0. The Morgan fingerprint density at radius 3 is 2.94 bits per heavy atom. The Bertz CT molecular complexity index is 455. The largest absolute Gasteiger partial charge is 0.469 e. The van der Waals surface area contributed by atoms with Crippen LogP contribution in [0.15, 0.2) is 12.4 Å². The summed E-state index contributed by atoms with van der Waals surface area (Å²) in [4.78, 5) is 17.7. The van der Waals surface area contributed by atoms with E-state index in [2.05, 4.69) is 19.4 Å². The number of hydrogen-bond donors (Lipinski definition) is 2. The van der Waals surface area contributed by atoms with Crippen molar-refractivity contribution in [2.24, 2.45) is 0 Å². The van der Waals surface area contributed by atoms with E-state index in [-0.39, 0.29) is 25.1 Å². The highest BCUT2D eigenvalue weighted by Crippen LogP contribution is 1.97. The van der Waals surface area contributed by atoms with Gasteiger partial charge in [-0.15, -0.1) is 0 Å². The molecule has 0 aliphatic carbocycles. The fourth-order valence-electron chi connectivity index (χ4n) is 1.34. The molecule has 1 aromatic heterocycles. The third kappa shape index (κ3) is 5.78. The van der Waals surface area contributed by atoms with Crippen molar-refractivity contribution >= 4 is 16.0 Å². The topological polar surface area (TPSA) is 101 Å². The minimum Gasteiger partial charge on any atom is -0.469 e. The summed E-state index contributed by atoms with van der Waals surface area (Å²) in [6.45, 7) is 0.286. The van der Waals surface area contributed by atoms with Gasteiger partial charge in [0.2, 0.25) is 10.0 Å². The maximum atomic E-state index is 11.5. The number of ether oxygens (including phenoxy) is 1. The number of aromatic nitrogens is 2. The number of carbonyl (C=O) groups is 1. The zero-order valence-electron chi connectivity index (χ0n) is 10.2. The Hall–Kier alpha value is -1.41. The molecule has 7 nitrogen and oxygen atoms in total. The van der Waals surface area contributed by atoms with E-state index in [0.29, 0.717) is 6.42 Å². The highest BCUT2D eigenvalue weighted by molar-refractivity contribution is 7.89. The fourth-order valence-corrected chi connectivity index (χ4v) is 2.42. The first-order valence-corrected chi connectivity index (χ1v) is 7.21. The summed E-state index contributed by atoms with van der Waals surface area (Å²) < 4.78 is 29.9. The van der Waals surface area contributed by atoms with Gasteiger partial charge in [0.15, 0.2) is 0 Å². The number of nitrogens with zero attached hydrogens (tertiary/aromatic N) is 1. The molecule has 102 valence electrons. The molecule has 0 aromatic carbocycles. The lowest BCUT2D eigenvalue weighted by molar-refractivity contribution is -0.140. The number of carbonyl (C=O) groups excluding carboxylic acids is 1. The molecule has 0 unspecified atom stereocenters. The molecule has 0 fully saturated rings. The lowest BCUT2D eigenvalue weighted by Gasteiger charge is -2.05. The van der Waals surface area contributed by atoms with E-state index in [1.54, 1.807) is 12.4 Å². The average molecular weight is 275 g/mol. The number of H-pyrrole nitrogens is 1. The van der Waals surface area contributed by atoms with Crippen molar-refractivity contribution in [1.82, 2.24) is 14.7 Å². The Morgan fingerprint density at radius 2 is 2.33 bits per heavy atom. The van der Waals surface area contributed by atoms with E-state index in [9.17, 15) is 13.2 Å². The molecule has 0 aliphatic heterocycles. The molecular weight excluding hydrogens is 258 g/mol. The number of rotatable bonds is 8. The molecule has 0 bridgehead atoms. The van der Waals surface area contributed by atoms with Crippen LogP contribution in [0.5, 0.6) is 0 Å². The highest BCUT2D eigenvalue weighted by Gasteiger charge is 2.11. The molecule has 0 atom stereocenters. The molecule has 0 amide bonds. The Morgan fingerprint density at radius 1 is 1.56 bits per heavy atom. The molecule has 0 radical (unpaired) electrons. The van der Waals surface area contributed by atoms with Crippen LogP contribution in [0.4, 0.5) is 0 Å². The minimum atomic E-state index is -3.34. The van der Waals surface area contributed by atoms with Crippen LogP contribution in [0.1, 0.15) is 18.7 Å². The number of esters is 1. The van der Waals surface area contributed by atoms with Gasteiger partial charge >= 0.3 is 5.97 Å². The van der Waals surface area contributed by atoms with Crippen molar-refractivity contribution in [3.8, 4) is 0 Å². The first-order valence-electron chi connectivity index (χ1n) is 5.56. The van der Waals surface area contributed by atoms with E-state index >= 15 is 0 Å². The summed E-state index contributed by atoms with van der Waals surface area (Å²) in [5.74, 6) is 0.244. The molecule has 0 spiro atoms. The van der Waals surface area contributed by atoms with Crippen molar-refractivity contribution in [1.29, 1.82) is 0 Å². The number of imidazole rings is 1. The van der Waals surface area contributed by atoms with E-state index in [0.717, 1.165) is 5.82 Å². The molecule has 0 aliphatic rings. The third-order valence-electron chi connectivity index (χ3n) is 2.26. The number of sulfonamides is 1. The molecular formula is C10H17N3O4S. The summed E-state index contributed by atoms with van der Waals surface area (Å²) in [5, 5.41) is 0. The monoisotopic (exact) mass is 275 g/mol. The number of hydrogen-bond acceptors (Lipinski definition) is 5. The van der Waals surface area contributed by atoms with Crippen LogP contribution in [-0.2, 0) is 26.0 Å². The second-order valence-electron chi connectivity index (χ2n) is 3.68. The lowest BCUT2D eigenvalue weighted by Crippen LogP contribution is -2.28. The quantitative estimate of drug-likeness (QED) is 0.641. The predicted octanol–water partition coefficient (Wildman–Crippen LogP) is -0.175. The van der Waals surface area contributed by atoms with Crippen LogP contribution in [0.25, 0.3) is 0 Å². The second-order valence-corrected chi connectivity index (χ2v) is 5.61. The van der Waals surface area contributed by atoms with Gasteiger partial charge in [-0.05, 0) is 6.42 Å². The Balaban J connectivity index is 2.21. The predicted molar refractivity (Wildman–Crippen MR) is 65.3 cm³/mol. The SMILES string of the molecule is COC(=O)CCCS(=O)(=O)NCCc1ncc[nH]1. The first-order chi connectivity index (χ1) is 8.53. The van der Waals surface area contributed by atoms with Gasteiger partial charge in [0.25, 0.3) is 0 Å². The van der Waals surface area contributed by atoms with Crippen molar-refractivity contribution in [3.05, 3.63) is 18.2 Å². The molecule has 8 heteroatoms. The van der Waals surface area contributed by atoms with Gasteiger partial charge in [-0.25, -0.2) is 18.1 Å². The average Bonchev–Trinajstić information content (AvgIpc) is 2.81. The van der Waals surface area contributed by atoms with E-state index < -0.39 is 16.0 Å². The molecule has 0 saturated carbocycles. The van der Waals surface area contributed by atoms with Crippen LogP contribution in [-0.4, -0.2) is 43.8 Å². The number of methoxy groups -OCH3 is 1. The standard InChI is InChI=1S/C10H17N3O4S/c1-17-10(14)3-2-8-18(15,16)13-5-4-9-11-6-7-12-9/h6-7,13H,2-5,8H2,1H3,(H,11,12). The van der Waals surface area contributed by atoms with Crippen molar-refractivity contribution in [2.75, 3.05) is 19.4 Å². The summed E-state index contributed by atoms with van der Waals surface area (Å²) >= 11 is 0. The third-order valence-corrected chi connectivity index (χ3v) is 3.73. The van der Waals surface area contributed by atoms with Crippen LogP contribution in [0.3, 0.4) is 0 Å². The van der Waals surface area contributed by atoms with Crippen LogP contribution < -0.4 is 4.72 Å². The van der Waals surface area contributed by atoms with E-state index in [1.165, 1.54) is 7.11 Å². The van der Waals surface area contributed by atoms with Gasteiger partial charge in [-0.1, -0.05) is 0 Å². The molecule has 0 saturated heterocycles. The lowest BCUT2D eigenvalue weighted by atomic mass is 10.3. The van der Waals surface area contributed by atoms with Crippen LogP contribution >= 0.6 is 0 Å². The van der Waals surface area contributed by atoms with Gasteiger partial charge < -0.3 is 9.72 Å². The summed E-state index contributed by atoms with van der Waals surface area (Å²) in [7, 11) is -2.06. The van der Waals surface area contributed by atoms with Crippen LogP contribution in [0, 0.1) is 0 Å². The first kappa shape index (κ1) is 14.7. The summed E-state index contributed by atoms with van der Waals surface area (Å²) in [5.41, 5.74) is 0. The van der Waals surface area contributed by atoms with Gasteiger partial charge in [-0.2, -0.15) is 0 Å². The molecule has 1 aromatic rings. The number of nitrogens with one attached hydrogen (secondary N) is 2. The molecule has 18 heavy (non-hydrogen) atoms. The summed E-state index contributed by atoms with van der Waals surface area (Å²) in [6, 6.07) is 0. The van der Waals surface area contributed by atoms with Crippen molar-refractivity contribution in [2.45, 2.75) is 19.3 Å². The van der Waals surface area contributed by atoms with Crippen molar-refractivity contribution < 1.29 is 17.9 Å². The second kappa shape index (κ2) is 7.12. The Kier molecular flexibility index (Phi) is 5.79. The normalized spacial score (nSPS) is 11.4. The van der Waals surface area contributed by atoms with Gasteiger partial charge in [0.1, 0.15) is 5.82 Å². The smallest absolute Gasteiger partial charge is 0.305 e. The Labute approximate surface area is 106 Å². The van der Waals surface area contributed by atoms with Crippen molar-refractivity contribution in [3.63, 3.8) is 0 Å². The molecule has 1 heterocycles. The maximum Gasteiger partial charge on any atom is 0.305 e. The number of aromatic amines is 1. The van der Waals surface area contributed by atoms with Crippen LogP contribution in [0.2, 0.25) is 0 Å². The van der Waals surface area contributed by atoms with E-state index in [4.69, 9.17) is 0 Å². The van der Waals surface area contributed by atoms with Gasteiger partial charge in [0.05, 0.1) is 12.9 Å². The summed E-state index contributed by atoms with van der Waals surface area (Å²) in [6.07, 6.45) is 4.15. The molecule has 2 N–H and O–H groups in total. The highest BCUT2D eigenvalue weighted by atomic mass is 32.2.